The van der Waals surface area contributed by atoms with E-state index in [0.717, 1.165) is 31.9 Å². The van der Waals surface area contributed by atoms with E-state index in [1.807, 2.05) is 12.1 Å². The van der Waals surface area contributed by atoms with E-state index < -0.39 is 0 Å². The van der Waals surface area contributed by atoms with Gasteiger partial charge in [0.2, 0.25) is 11.9 Å². The number of piperidine rings is 1. The first kappa shape index (κ1) is 14.3. The maximum Gasteiger partial charge on any atom is 0.244 e. The number of nitrogens with one attached hydrogen (secondary N) is 1. The van der Waals surface area contributed by atoms with Gasteiger partial charge in [-0.2, -0.15) is 0 Å². The van der Waals surface area contributed by atoms with E-state index >= 15 is 0 Å². The minimum absolute atomic E-state index is 0.0918. The van der Waals surface area contributed by atoms with E-state index in [1.165, 1.54) is 6.08 Å². The van der Waals surface area contributed by atoms with Crippen LogP contribution in [0, 0.1) is 0 Å². The number of furan rings is 1. The highest BCUT2D eigenvalue weighted by Gasteiger charge is 2.21. The molecule has 1 aliphatic heterocycles. The third-order valence-corrected chi connectivity index (χ3v) is 3.62. The highest BCUT2D eigenvalue weighted by Crippen LogP contribution is 2.15. The van der Waals surface area contributed by atoms with Crippen molar-refractivity contribution in [2.45, 2.75) is 18.9 Å². The van der Waals surface area contributed by atoms with E-state index in [1.54, 1.807) is 30.8 Å². The lowest BCUT2D eigenvalue weighted by molar-refractivity contribution is -0.117. The minimum Gasteiger partial charge on any atom is -0.465 e. The molecule has 1 N–H and O–H groups in total. The molecule has 0 unspecified atom stereocenters. The molecule has 0 atom stereocenters. The average molecular weight is 298 g/mol. The molecule has 22 heavy (non-hydrogen) atoms. The molecule has 1 fully saturated rings. The highest BCUT2D eigenvalue weighted by molar-refractivity contribution is 5.91. The fourth-order valence-corrected chi connectivity index (χ4v) is 2.47. The summed E-state index contributed by atoms with van der Waals surface area (Å²) in [4.78, 5) is 22.5. The summed E-state index contributed by atoms with van der Waals surface area (Å²) in [5.74, 6) is 1.34. The summed E-state index contributed by atoms with van der Waals surface area (Å²) in [6.07, 6.45) is 10.0. The first-order chi connectivity index (χ1) is 10.8. The summed E-state index contributed by atoms with van der Waals surface area (Å²) in [5, 5.41) is 3.02. The van der Waals surface area contributed by atoms with E-state index in [0.29, 0.717) is 5.76 Å². The van der Waals surface area contributed by atoms with Crippen LogP contribution >= 0.6 is 0 Å². The summed E-state index contributed by atoms with van der Waals surface area (Å²) in [6.45, 7) is 1.69. The normalized spacial score (nSPS) is 16.1. The Morgan fingerprint density at radius 3 is 2.73 bits per heavy atom. The Kier molecular flexibility index (Phi) is 4.48. The number of nitrogens with zero attached hydrogens (tertiary/aromatic N) is 3. The smallest absolute Gasteiger partial charge is 0.244 e. The van der Waals surface area contributed by atoms with Crippen molar-refractivity contribution in [3.8, 4) is 0 Å². The van der Waals surface area contributed by atoms with Gasteiger partial charge in [0.1, 0.15) is 5.76 Å². The number of hydrogen-bond acceptors (Lipinski definition) is 5. The third-order valence-electron chi connectivity index (χ3n) is 3.62. The molecule has 3 rings (SSSR count). The first-order valence-electron chi connectivity index (χ1n) is 7.35. The Balaban J connectivity index is 1.47. The fraction of sp³-hybridized carbons (Fsp3) is 0.312. The second kappa shape index (κ2) is 6.89. The lowest BCUT2D eigenvalue weighted by Gasteiger charge is -2.32. The van der Waals surface area contributed by atoms with Crippen molar-refractivity contribution in [2.75, 3.05) is 18.0 Å². The Morgan fingerprint density at radius 2 is 2.05 bits per heavy atom. The number of anilines is 1. The Morgan fingerprint density at radius 1 is 1.27 bits per heavy atom. The predicted molar refractivity (Wildman–Crippen MR) is 83.2 cm³/mol. The number of carbonyl (C=O) groups is 1. The van der Waals surface area contributed by atoms with Crippen molar-refractivity contribution in [3.05, 3.63) is 48.7 Å². The van der Waals surface area contributed by atoms with Crippen LogP contribution in [0.15, 0.2) is 47.3 Å². The van der Waals surface area contributed by atoms with Crippen LogP contribution in [0.5, 0.6) is 0 Å². The van der Waals surface area contributed by atoms with Crippen LogP contribution in [-0.2, 0) is 4.79 Å². The van der Waals surface area contributed by atoms with Gasteiger partial charge in [-0.05, 0) is 37.1 Å². The van der Waals surface area contributed by atoms with E-state index in [2.05, 4.69) is 20.2 Å². The van der Waals surface area contributed by atoms with Crippen LogP contribution in [-0.4, -0.2) is 35.0 Å². The molecule has 6 nitrogen and oxygen atoms in total. The molecule has 0 aliphatic carbocycles. The van der Waals surface area contributed by atoms with Crippen molar-refractivity contribution in [2.24, 2.45) is 0 Å². The molecule has 114 valence electrons. The van der Waals surface area contributed by atoms with E-state index in [4.69, 9.17) is 4.42 Å². The molecule has 0 aromatic carbocycles. The van der Waals surface area contributed by atoms with Gasteiger partial charge < -0.3 is 14.6 Å². The largest absolute Gasteiger partial charge is 0.465 e. The van der Waals surface area contributed by atoms with Gasteiger partial charge in [0.15, 0.2) is 0 Å². The SMILES string of the molecule is O=C(/C=C/c1ccco1)NC1CCN(c2ncccn2)CC1. The molecule has 3 heterocycles. The van der Waals surface area contributed by atoms with Gasteiger partial charge in [0.25, 0.3) is 0 Å². The first-order valence-corrected chi connectivity index (χ1v) is 7.35. The van der Waals surface area contributed by atoms with Gasteiger partial charge in [-0.1, -0.05) is 0 Å². The average Bonchev–Trinajstić information content (AvgIpc) is 3.08. The van der Waals surface area contributed by atoms with Gasteiger partial charge in [0.05, 0.1) is 6.26 Å². The van der Waals surface area contributed by atoms with Crippen LogP contribution in [0.25, 0.3) is 6.08 Å². The van der Waals surface area contributed by atoms with Crippen LogP contribution in [0.4, 0.5) is 5.95 Å². The molecule has 6 heteroatoms. The number of hydrogen-bond donors (Lipinski definition) is 1. The molecule has 0 saturated carbocycles. The van der Waals surface area contributed by atoms with Crippen LogP contribution in [0.2, 0.25) is 0 Å². The molecule has 2 aromatic rings. The molecular formula is C16H18N4O2. The molecule has 2 aromatic heterocycles. The van der Waals surface area contributed by atoms with Crippen LogP contribution in [0.1, 0.15) is 18.6 Å². The molecule has 0 spiro atoms. The number of aromatic nitrogens is 2. The van der Waals surface area contributed by atoms with Gasteiger partial charge in [-0.15, -0.1) is 0 Å². The molecule has 0 radical (unpaired) electrons. The summed E-state index contributed by atoms with van der Waals surface area (Å²) in [6, 6.07) is 5.59. The lowest BCUT2D eigenvalue weighted by atomic mass is 10.1. The number of rotatable bonds is 4. The second-order valence-electron chi connectivity index (χ2n) is 5.17. The van der Waals surface area contributed by atoms with E-state index in [-0.39, 0.29) is 11.9 Å². The van der Waals surface area contributed by atoms with Crippen LogP contribution in [0.3, 0.4) is 0 Å². The van der Waals surface area contributed by atoms with Gasteiger partial charge in [-0.3, -0.25) is 4.79 Å². The topological polar surface area (TPSA) is 71.3 Å². The van der Waals surface area contributed by atoms with Crippen molar-refractivity contribution in [3.63, 3.8) is 0 Å². The molecule has 0 bridgehead atoms. The van der Waals surface area contributed by atoms with Gasteiger partial charge in [-0.25, -0.2) is 9.97 Å². The molecular weight excluding hydrogens is 280 g/mol. The van der Waals surface area contributed by atoms with Crippen molar-refractivity contribution < 1.29 is 9.21 Å². The summed E-state index contributed by atoms with van der Waals surface area (Å²) in [7, 11) is 0. The maximum absolute atomic E-state index is 11.9. The fourth-order valence-electron chi connectivity index (χ4n) is 2.47. The quantitative estimate of drug-likeness (QED) is 0.872. The van der Waals surface area contributed by atoms with Gasteiger partial charge in [0, 0.05) is 37.6 Å². The zero-order chi connectivity index (χ0) is 15.2. The van der Waals surface area contributed by atoms with Gasteiger partial charge >= 0.3 is 0 Å². The zero-order valence-corrected chi connectivity index (χ0v) is 12.2. The standard InChI is InChI=1S/C16H18N4O2/c21-15(5-4-14-3-1-12-22-14)19-13-6-10-20(11-7-13)16-17-8-2-9-18-16/h1-5,8-9,12-13H,6-7,10-11H2,(H,19,21)/b5-4+. The van der Waals surface area contributed by atoms with E-state index in [9.17, 15) is 4.79 Å². The summed E-state index contributed by atoms with van der Waals surface area (Å²) < 4.78 is 5.15. The lowest BCUT2D eigenvalue weighted by Crippen LogP contribution is -2.44. The maximum atomic E-state index is 11.9. The highest BCUT2D eigenvalue weighted by atomic mass is 16.3. The monoisotopic (exact) mass is 298 g/mol. The van der Waals surface area contributed by atoms with Crippen molar-refractivity contribution in [1.82, 2.24) is 15.3 Å². The summed E-state index contributed by atoms with van der Waals surface area (Å²) in [5.41, 5.74) is 0. The third kappa shape index (κ3) is 3.72. The van der Waals surface area contributed by atoms with Crippen molar-refractivity contribution >= 4 is 17.9 Å². The Bertz CT molecular complexity index is 617. The predicted octanol–water partition coefficient (Wildman–Crippen LogP) is 1.87. The molecule has 1 saturated heterocycles. The Labute approximate surface area is 128 Å². The molecule has 1 amide bonds. The molecule has 1 aliphatic rings. The second-order valence-corrected chi connectivity index (χ2v) is 5.17. The number of carbonyl (C=O) groups excluding carboxylic acids is 1. The zero-order valence-electron chi connectivity index (χ0n) is 12.2. The summed E-state index contributed by atoms with van der Waals surface area (Å²) >= 11 is 0. The minimum atomic E-state index is -0.0918. The number of amides is 1. The van der Waals surface area contributed by atoms with Crippen LogP contribution < -0.4 is 10.2 Å². The Hall–Kier alpha value is -2.63. The van der Waals surface area contributed by atoms with Crippen molar-refractivity contribution in [1.29, 1.82) is 0 Å².